The van der Waals surface area contributed by atoms with Gasteiger partial charge >= 0.3 is 12.2 Å². The summed E-state index contributed by atoms with van der Waals surface area (Å²) in [4.78, 5) is 45.4. The lowest BCUT2D eigenvalue weighted by Crippen LogP contribution is -2.47. The number of nitrogens with one attached hydrogen (secondary N) is 2. The fourth-order valence-corrected chi connectivity index (χ4v) is 7.28. The van der Waals surface area contributed by atoms with Gasteiger partial charge in [0.2, 0.25) is 0 Å². The van der Waals surface area contributed by atoms with Crippen LogP contribution in [0.25, 0.3) is 22.3 Å². The summed E-state index contributed by atoms with van der Waals surface area (Å²) in [6.07, 6.45) is 3.41. The van der Waals surface area contributed by atoms with Gasteiger partial charge in [-0.3, -0.25) is 9.80 Å². The predicted molar refractivity (Wildman–Crippen MR) is 206 cm³/mol. The molecule has 0 saturated carbocycles. The molecular weight excluding hydrogens is 681 g/mol. The van der Waals surface area contributed by atoms with Crippen molar-refractivity contribution < 1.29 is 19.1 Å². The molecule has 2 aromatic carbocycles. The van der Waals surface area contributed by atoms with Gasteiger partial charge in [-0.2, -0.15) is 25.3 Å². The van der Waals surface area contributed by atoms with Gasteiger partial charge in [-0.25, -0.2) is 19.6 Å². The number of hydrogen-bond acceptors (Lipinski definition) is 8. The third-order valence-corrected chi connectivity index (χ3v) is 10.0. The van der Waals surface area contributed by atoms with Gasteiger partial charge in [0.05, 0.1) is 39.6 Å². The molecule has 10 nitrogen and oxygen atoms in total. The maximum absolute atomic E-state index is 12.9. The molecule has 0 aliphatic carbocycles. The number of carbonyl (C=O) groups is 2. The second-order valence-corrected chi connectivity index (χ2v) is 16.4. The number of nitrogens with zero attached hydrogens (tertiary/aromatic N) is 4. The van der Waals surface area contributed by atoms with Crippen LogP contribution in [0, 0.1) is 11.8 Å². The number of aromatic nitrogens is 4. The first-order chi connectivity index (χ1) is 24.0. The SMILES string of the molecule is C=C1CC(C(S)c2ncc(-c3ccc(C#Cc4ccc5nc(C6CCCN(C(=O)OC(C)(C)C)C6S)[nH]c5c4)cc3)[nH]2)N(C(=O)OC(C)(C)C)C1. The van der Waals surface area contributed by atoms with Gasteiger partial charge in [-0.15, -0.1) is 0 Å². The molecule has 2 amide bonds. The molecule has 51 heavy (non-hydrogen) atoms. The van der Waals surface area contributed by atoms with E-state index in [0.29, 0.717) is 25.3 Å². The van der Waals surface area contributed by atoms with Crippen LogP contribution in [-0.4, -0.2) is 77.6 Å². The molecule has 2 fully saturated rings. The van der Waals surface area contributed by atoms with E-state index in [4.69, 9.17) is 39.7 Å². The zero-order valence-corrected chi connectivity index (χ0v) is 31.8. The van der Waals surface area contributed by atoms with E-state index in [-0.39, 0.29) is 34.8 Å². The summed E-state index contributed by atoms with van der Waals surface area (Å²) in [7, 11) is 0. The number of thiol groups is 2. The minimum atomic E-state index is -0.593. The zero-order chi connectivity index (χ0) is 36.7. The van der Waals surface area contributed by atoms with Crippen LogP contribution in [0.4, 0.5) is 9.59 Å². The Kier molecular flexibility index (Phi) is 10.3. The number of rotatable bonds is 4. The third kappa shape index (κ3) is 8.59. The minimum absolute atomic E-state index is 0.0470. The molecule has 4 unspecified atom stereocenters. The first kappa shape index (κ1) is 36.5. The van der Waals surface area contributed by atoms with Crippen molar-refractivity contribution in [3.63, 3.8) is 0 Å². The van der Waals surface area contributed by atoms with Gasteiger partial charge in [-0.05, 0) is 96.7 Å². The number of carbonyl (C=O) groups excluding carboxylic acids is 2. The second kappa shape index (κ2) is 14.4. The lowest BCUT2D eigenvalue weighted by Gasteiger charge is -2.38. The Balaban J connectivity index is 1.11. The minimum Gasteiger partial charge on any atom is -0.444 e. The van der Waals surface area contributed by atoms with Crippen LogP contribution in [0.3, 0.4) is 0 Å². The molecule has 4 aromatic rings. The van der Waals surface area contributed by atoms with Crippen molar-refractivity contribution in [2.45, 2.75) is 94.6 Å². The Morgan fingerprint density at radius 2 is 1.61 bits per heavy atom. The van der Waals surface area contributed by atoms with E-state index in [1.807, 2.05) is 84.0 Å². The Bertz CT molecular complexity index is 2000. The molecule has 4 atom stereocenters. The van der Waals surface area contributed by atoms with Gasteiger partial charge in [0.25, 0.3) is 0 Å². The highest BCUT2D eigenvalue weighted by Gasteiger charge is 2.39. The first-order valence-corrected chi connectivity index (χ1v) is 18.3. The standard InChI is InChI=1S/C39H46N6O4S2/c1-23-19-31(45(22-23)37(47)49-39(5,6)7)32(50)34-40-21-30(43-34)26-15-12-24(13-16-26)10-11-25-14-17-28-29(20-25)42-33(41-28)27-9-8-18-44(35(27)51)36(46)48-38(2,3)4/h12-17,20-21,27,31-32,35,50-51H,1,8-9,18-19,22H2,2-7H3,(H,40,43)(H,41,42). The summed E-state index contributed by atoms with van der Waals surface area (Å²) < 4.78 is 11.3. The van der Waals surface area contributed by atoms with Crippen LogP contribution in [0.5, 0.6) is 0 Å². The van der Waals surface area contributed by atoms with E-state index in [1.54, 1.807) is 16.0 Å². The van der Waals surface area contributed by atoms with E-state index in [0.717, 1.165) is 57.7 Å². The number of H-pyrrole nitrogens is 2. The molecule has 0 spiro atoms. The fourth-order valence-electron chi connectivity index (χ4n) is 6.39. The number of fused-ring (bicyclic) bond motifs is 1. The monoisotopic (exact) mass is 726 g/mol. The number of amides is 2. The van der Waals surface area contributed by atoms with Crippen LogP contribution < -0.4 is 0 Å². The number of benzene rings is 2. The molecular formula is C39H46N6O4S2. The van der Waals surface area contributed by atoms with Gasteiger partial charge < -0.3 is 19.4 Å². The quantitative estimate of drug-likeness (QED) is 0.0957. The molecule has 268 valence electrons. The fraction of sp³-hybridized carbons (Fsp3) is 0.436. The van der Waals surface area contributed by atoms with Crippen LogP contribution in [0.2, 0.25) is 0 Å². The summed E-state index contributed by atoms with van der Waals surface area (Å²) in [6.45, 7) is 16.3. The molecule has 12 heteroatoms. The van der Waals surface area contributed by atoms with Gasteiger partial charge in [0, 0.05) is 30.1 Å². The van der Waals surface area contributed by atoms with Crippen molar-refractivity contribution in [2.75, 3.05) is 13.1 Å². The molecule has 2 aliphatic heterocycles. The van der Waals surface area contributed by atoms with Crippen molar-refractivity contribution in [2.24, 2.45) is 0 Å². The van der Waals surface area contributed by atoms with Crippen molar-refractivity contribution in [1.29, 1.82) is 0 Å². The summed E-state index contributed by atoms with van der Waals surface area (Å²) in [5.74, 6) is 7.97. The highest BCUT2D eigenvalue weighted by Crippen LogP contribution is 2.37. The van der Waals surface area contributed by atoms with E-state index >= 15 is 0 Å². The van der Waals surface area contributed by atoms with Crippen LogP contribution in [0.1, 0.15) is 94.7 Å². The average Bonchev–Trinajstić information content (AvgIpc) is 3.80. The van der Waals surface area contributed by atoms with Crippen molar-refractivity contribution >= 4 is 48.5 Å². The Hall–Kier alpha value is -4.34. The van der Waals surface area contributed by atoms with Crippen LogP contribution in [-0.2, 0) is 9.47 Å². The van der Waals surface area contributed by atoms with E-state index in [2.05, 4.69) is 33.4 Å². The zero-order valence-electron chi connectivity index (χ0n) is 30.0. The molecule has 4 heterocycles. The number of piperidine rings is 1. The highest BCUT2D eigenvalue weighted by molar-refractivity contribution is 7.81. The van der Waals surface area contributed by atoms with Crippen molar-refractivity contribution in [1.82, 2.24) is 29.7 Å². The number of aromatic amines is 2. The number of hydrogen-bond donors (Lipinski definition) is 4. The molecule has 6 rings (SSSR count). The highest BCUT2D eigenvalue weighted by atomic mass is 32.1. The second-order valence-electron chi connectivity index (χ2n) is 15.3. The third-order valence-electron chi connectivity index (χ3n) is 8.78. The summed E-state index contributed by atoms with van der Waals surface area (Å²) >= 11 is 9.70. The molecule has 2 aromatic heterocycles. The van der Waals surface area contributed by atoms with E-state index < -0.39 is 11.2 Å². The molecule has 0 bridgehead atoms. The van der Waals surface area contributed by atoms with Gasteiger partial charge in [0.1, 0.15) is 22.9 Å². The van der Waals surface area contributed by atoms with Crippen molar-refractivity contribution in [3.05, 3.63) is 83.6 Å². The van der Waals surface area contributed by atoms with Gasteiger partial charge in [0.15, 0.2) is 0 Å². The average molecular weight is 727 g/mol. The topological polar surface area (TPSA) is 116 Å². The smallest absolute Gasteiger partial charge is 0.411 e. The number of ether oxygens (including phenoxy) is 2. The largest absolute Gasteiger partial charge is 0.444 e. The Morgan fingerprint density at radius 1 is 0.961 bits per heavy atom. The number of imidazole rings is 2. The molecule has 2 aliphatic rings. The van der Waals surface area contributed by atoms with Crippen LogP contribution in [0.15, 0.2) is 60.8 Å². The van der Waals surface area contributed by atoms with Crippen molar-refractivity contribution in [3.8, 4) is 23.1 Å². The Labute approximate surface area is 310 Å². The lowest BCUT2D eigenvalue weighted by atomic mass is 9.97. The lowest BCUT2D eigenvalue weighted by molar-refractivity contribution is 0.0162. The Morgan fingerprint density at radius 3 is 2.29 bits per heavy atom. The summed E-state index contributed by atoms with van der Waals surface area (Å²) in [5, 5.41) is -0.681. The first-order valence-electron chi connectivity index (χ1n) is 17.2. The van der Waals surface area contributed by atoms with E-state index in [1.165, 1.54) is 0 Å². The van der Waals surface area contributed by atoms with Gasteiger partial charge in [-0.1, -0.05) is 36.1 Å². The number of likely N-dealkylation sites (tertiary alicyclic amines) is 2. The summed E-state index contributed by atoms with van der Waals surface area (Å²) in [6, 6.07) is 13.7. The van der Waals surface area contributed by atoms with Crippen LogP contribution >= 0.6 is 25.3 Å². The van der Waals surface area contributed by atoms with E-state index in [9.17, 15) is 9.59 Å². The molecule has 0 radical (unpaired) electrons. The normalized spacial score (nSPS) is 20.2. The molecule has 2 N–H and O–H groups in total. The molecule has 2 saturated heterocycles. The predicted octanol–water partition coefficient (Wildman–Crippen LogP) is 8.26. The maximum Gasteiger partial charge on any atom is 0.411 e. The summed E-state index contributed by atoms with van der Waals surface area (Å²) in [5.41, 5.74) is 5.06. The maximum atomic E-state index is 12.9.